The van der Waals surface area contributed by atoms with E-state index < -0.39 is 5.85 Å². The third-order valence-corrected chi connectivity index (χ3v) is 6.39. The van der Waals surface area contributed by atoms with Crippen molar-refractivity contribution in [2.75, 3.05) is 66.1 Å². The fourth-order valence-electron chi connectivity index (χ4n) is 4.78. The molecule has 3 aliphatic heterocycles. The van der Waals surface area contributed by atoms with Gasteiger partial charge in [0.15, 0.2) is 5.78 Å². The van der Waals surface area contributed by atoms with Crippen LogP contribution in [0.4, 0.5) is 0 Å². The second kappa shape index (κ2) is 8.22. The van der Waals surface area contributed by atoms with Crippen LogP contribution in [0.2, 0.25) is 0 Å². The van der Waals surface area contributed by atoms with Gasteiger partial charge in [0, 0.05) is 44.8 Å². The Morgan fingerprint density at radius 2 is 1.72 bits per heavy atom. The predicted molar refractivity (Wildman–Crippen MR) is 111 cm³/mol. The molecule has 0 spiro atoms. The SMILES string of the molecule is CCOc1c(C)cc2c(c1C)OC(N1CCOCC1)(N1CCN(C)CC1)CC2=O. The number of rotatable bonds is 4. The van der Waals surface area contributed by atoms with Crippen LogP contribution in [-0.4, -0.2) is 92.5 Å². The van der Waals surface area contributed by atoms with Crippen LogP contribution in [0.3, 0.4) is 0 Å². The lowest BCUT2D eigenvalue weighted by molar-refractivity contribution is -0.221. The van der Waals surface area contributed by atoms with Crippen molar-refractivity contribution in [3.8, 4) is 11.5 Å². The van der Waals surface area contributed by atoms with Crippen molar-refractivity contribution in [3.05, 3.63) is 22.8 Å². The summed E-state index contributed by atoms with van der Waals surface area (Å²) < 4.78 is 18.3. The molecule has 7 nitrogen and oxygen atoms in total. The number of Topliss-reactive ketones (excluding diaryl/α,β-unsaturated/α-hetero) is 1. The minimum atomic E-state index is -0.751. The average Bonchev–Trinajstić information content (AvgIpc) is 2.73. The van der Waals surface area contributed by atoms with Crippen molar-refractivity contribution in [3.63, 3.8) is 0 Å². The van der Waals surface area contributed by atoms with E-state index in [1.54, 1.807) is 0 Å². The Labute approximate surface area is 173 Å². The van der Waals surface area contributed by atoms with E-state index >= 15 is 0 Å². The number of likely N-dealkylation sites (N-methyl/N-ethyl adjacent to an activating group) is 1. The summed E-state index contributed by atoms with van der Waals surface area (Å²) in [5.41, 5.74) is 2.58. The summed E-state index contributed by atoms with van der Waals surface area (Å²) in [6, 6.07) is 1.93. The Bertz CT molecular complexity index is 770. The van der Waals surface area contributed by atoms with Gasteiger partial charge in [0.25, 0.3) is 0 Å². The van der Waals surface area contributed by atoms with Crippen LogP contribution >= 0.6 is 0 Å². The third-order valence-electron chi connectivity index (χ3n) is 6.39. The summed E-state index contributed by atoms with van der Waals surface area (Å²) in [6.45, 7) is 13.1. The maximum atomic E-state index is 13.4. The zero-order chi connectivity index (χ0) is 20.6. The van der Waals surface area contributed by atoms with Crippen LogP contribution in [0.15, 0.2) is 6.07 Å². The van der Waals surface area contributed by atoms with Gasteiger partial charge in [-0.2, -0.15) is 0 Å². The highest BCUT2D eigenvalue weighted by Crippen LogP contribution is 2.44. The lowest BCUT2D eigenvalue weighted by Crippen LogP contribution is -2.70. The Hall–Kier alpha value is -1.67. The molecular weight excluding hydrogens is 370 g/mol. The first-order valence-corrected chi connectivity index (χ1v) is 10.7. The molecule has 1 aromatic rings. The largest absolute Gasteiger partial charge is 0.493 e. The number of carbonyl (C=O) groups is 1. The Kier molecular flexibility index (Phi) is 5.84. The zero-order valence-electron chi connectivity index (χ0n) is 18.1. The van der Waals surface area contributed by atoms with E-state index in [0.29, 0.717) is 37.6 Å². The van der Waals surface area contributed by atoms with Crippen LogP contribution in [0.25, 0.3) is 0 Å². The summed E-state index contributed by atoms with van der Waals surface area (Å²) >= 11 is 0. The molecule has 1 unspecified atom stereocenters. The van der Waals surface area contributed by atoms with Crippen molar-refractivity contribution in [1.82, 2.24) is 14.7 Å². The van der Waals surface area contributed by atoms with E-state index in [1.165, 1.54) is 0 Å². The van der Waals surface area contributed by atoms with Gasteiger partial charge in [-0.15, -0.1) is 0 Å². The highest BCUT2D eigenvalue weighted by molar-refractivity contribution is 6.01. The van der Waals surface area contributed by atoms with Gasteiger partial charge in [-0.25, -0.2) is 9.80 Å². The third kappa shape index (κ3) is 3.65. The summed E-state index contributed by atoms with van der Waals surface area (Å²) in [6.07, 6.45) is 0.344. The molecule has 0 N–H and O–H groups in total. The summed E-state index contributed by atoms with van der Waals surface area (Å²) in [5, 5.41) is 0. The molecular formula is C22H33N3O4. The first kappa shape index (κ1) is 20.6. The van der Waals surface area contributed by atoms with Gasteiger partial charge in [-0.1, -0.05) is 0 Å². The molecule has 1 atom stereocenters. The molecule has 0 radical (unpaired) electrons. The lowest BCUT2D eigenvalue weighted by Gasteiger charge is -2.54. The maximum Gasteiger partial charge on any atom is 0.230 e. The fourth-order valence-corrected chi connectivity index (χ4v) is 4.78. The standard InChI is InChI=1S/C22H33N3O4/c1-5-28-20-16(2)14-18-19(26)15-22(29-21(18)17(20)3,25-10-12-27-13-11-25)24-8-6-23(4)7-9-24/h14H,5-13,15H2,1-4H3. The predicted octanol–water partition coefficient (Wildman–Crippen LogP) is 1.90. The molecule has 29 heavy (non-hydrogen) atoms. The monoisotopic (exact) mass is 403 g/mol. The second-order valence-electron chi connectivity index (χ2n) is 8.29. The number of ketones is 1. The minimum Gasteiger partial charge on any atom is -0.493 e. The molecule has 0 saturated carbocycles. The van der Waals surface area contributed by atoms with Gasteiger partial charge < -0.3 is 19.1 Å². The quantitative estimate of drug-likeness (QED) is 0.761. The van der Waals surface area contributed by atoms with Gasteiger partial charge in [-0.3, -0.25) is 4.79 Å². The first-order chi connectivity index (χ1) is 14.0. The number of piperazine rings is 1. The highest BCUT2D eigenvalue weighted by Gasteiger charge is 2.51. The van der Waals surface area contributed by atoms with E-state index in [4.69, 9.17) is 14.2 Å². The average molecular weight is 404 g/mol. The molecule has 160 valence electrons. The van der Waals surface area contributed by atoms with Gasteiger partial charge in [0.2, 0.25) is 5.85 Å². The molecule has 0 bridgehead atoms. The number of benzene rings is 1. The Morgan fingerprint density at radius 1 is 1.07 bits per heavy atom. The lowest BCUT2D eigenvalue weighted by atomic mass is 9.93. The Morgan fingerprint density at radius 3 is 2.38 bits per heavy atom. The van der Waals surface area contributed by atoms with Gasteiger partial charge in [0.05, 0.1) is 31.8 Å². The van der Waals surface area contributed by atoms with Crippen molar-refractivity contribution in [2.24, 2.45) is 0 Å². The smallest absolute Gasteiger partial charge is 0.230 e. The number of hydrogen-bond acceptors (Lipinski definition) is 7. The summed E-state index contributed by atoms with van der Waals surface area (Å²) in [5.74, 6) is 0.903. The molecule has 1 aromatic carbocycles. The minimum absolute atomic E-state index is 0.144. The molecule has 3 heterocycles. The number of ether oxygens (including phenoxy) is 3. The van der Waals surface area contributed by atoms with Gasteiger partial charge in [0.1, 0.15) is 11.5 Å². The van der Waals surface area contributed by atoms with E-state index in [-0.39, 0.29) is 5.78 Å². The van der Waals surface area contributed by atoms with E-state index in [9.17, 15) is 4.79 Å². The second-order valence-corrected chi connectivity index (χ2v) is 8.29. The van der Waals surface area contributed by atoms with Crippen LogP contribution in [-0.2, 0) is 4.74 Å². The number of carbonyl (C=O) groups excluding carboxylic acids is 1. The molecule has 7 heteroatoms. The summed E-state index contributed by atoms with van der Waals surface area (Å²) in [4.78, 5) is 20.4. The normalized spacial score (nSPS) is 26.8. The van der Waals surface area contributed by atoms with E-state index in [1.807, 2.05) is 26.8 Å². The molecule has 2 saturated heterocycles. The number of morpholine rings is 1. The Balaban J connectivity index is 1.78. The van der Waals surface area contributed by atoms with Gasteiger partial charge >= 0.3 is 0 Å². The van der Waals surface area contributed by atoms with Crippen LogP contribution in [0, 0.1) is 13.8 Å². The fraction of sp³-hybridized carbons (Fsp3) is 0.682. The van der Waals surface area contributed by atoms with E-state index in [2.05, 4.69) is 21.7 Å². The molecule has 0 aromatic heterocycles. The summed E-state index contributed by atoms with van der Waals surface area (Å²) in [7, 11) is 2.14. The van der Waals surface area contributed by atoms with Crippen molar-refractivity contribution in [2.45, 2.75) is 33.0 Å². The van der Waals surface area contributed by atoms with Crippen molar-refractivity contribution in [1.29, 1.82) is 0 Å². The maximum absolute atomic E-state index is 13.4. The van der Waals surface area contributed by atoms with Crippen LogP contribution in [0.1, 0.15) is 34.8 Å². The van der Waals surface area contributed by atoms with Crippen LogP contribution < -0.4 is 9.47 Å². The number of nitrogens with zero attached hydrogens (tertiary/aromatic N) is 3. The molecule has 4 rings (SSSR count). The van der Waals surface area contributed by atoms with Crippen molar-refractivity contribution >= 4 is 5.78 Å². The van der Waals surface area contributed by atoms with Crippen molar-refractivity contribution < 1.29 is 19.0 Å². The first-order valence-electron chi connectivity index (χ1n) is 10.7. The number of aryl methyl sites for hydroxylation is 1. The number of fused-ring (bicyclic) bond motifs is 1. The number of hydrogen-bond donors (Lipinski definition) is 0. The molecule has 2 fully saturated rings. The van der Waals surface area contributed by atoms with Crippen LogP contribution in [0.5, 0.6) is 11.5 Å². The molecule has 0 aliphatic carbocycles. The molecule has 0 amide bonds. The highest BCUT2D eigenvalue weighted by atomic mass is 16.5. The van der Waals surface area contributed by atoms with Gasteiger partial charge in [-0.05, 0) is 39.4 Å². The molecule has 3 aliphatic rings. The zero-order valence-corrected chi connectivity index (χ0v) is 18.1. The topological polar surface area (TPSA) is 54.5 Å². The van der Waals surface area contributed by atoms with E-state index in [0.717, 1.165) is 56.1 Å².